The number of allylic oxidation sites excluding steroid dienone is 1. The number of rotatable bonds is 1. The summed E-state index contributed by atoms with van der Waals surface area (Å²) in [6, 6.07) is 13.4. The second-order valence-electron chi connectivity index (χ2n) is 6.11. The highest BCUT2D eigenvalue weighted by Crippen LogP contribution is 2.29. The quantitative estimate of drug-likeness (QED) is 0.725. The number of aryl methyl sites for hydroxylation is 2. The Morgan fingerprint density at radius 2 is 2.10 bits per heavy atom. The standard InChI is InChI=1S/C19H21N2/c1-20-10-4-5-16-13-15(7-8-18(16)20)14-17-9-12-21-11-3-2-6-19(17)21/h2-3,6-8,11,13-14H,4-5,9-10,12H2,1H3/q+1. The fourth-order valence-corrected chi connectivity index (χ4v) is 3.57. The maximum Gasteiger partial charge on any atom is 0.208 e. The van der Waals surface area contributed by atoms with Gasteiger partial charge < -0.3 is 4.90 Å². The van der Waals surface area contributed by atoms with Gasteiger partial charge >= 0.3 is 0 Å². The number of nitrogens with zero attached hydrogens (tertiary/aromatic N) is 2. The van der Waals surface area contributed by atoms with Crippen molar-refractivity contribution >= 4 is 17.3 Å². The molecule has 0 bridgehead atoms. The molecular weight excluding hydrogens is 256 g/mol. The lowest BCUT2D eigenvalue weighted by Crippen LogP contribution is -2.31. The second kappa shape index (κ2) is 5.03. The van der Waals surface area contributed by atoms with Crippen LogP contribution in [0.25, 0.3) is 11.6 Å². The molecule has 0 spiro atoms. The third kappa shape index (κ3) is 2.25. The van der Waals surface area contributed by atoms with Crippen LogP contribution in [0.2, 0.25) is 0 Å². The number of pyridine rings is 1. The molecule has 2 aliphatic heterocycles. The van der Waals surface area contributed by atoms with E-state index in [-0.39, 0.29) is 0 Å². The van der Waals surface area contributed by atoms with E-state index in [9.17, 15) is 0 Å². The summed E-state index contributed by atoms with van der Waals surface area (Å²) in [5, 5.41) is 0. The Morgan fingerprint density at radius 1 is 1.14 bits per heavy atom. The van der Waals surface area contributed by atoms with Crippen molar-refractivity contribution in [2.24, 2.45) is 0 Å². The summed E-state index contributed by atoms with van der Waals surface area (Å²) < 4.78 is 2.35. The molecule has 0 saturated heterocycles. The van der Waals surface area contributed by atoms with Crippen LogP contribution < -0.4 is 9.47 Å². The Bertz CT molecular complexity index is 715. The molecule has 1 aromatic heterocycles. The van der Waals surface area contributed by atoms with Crippen LogP contribution in [0.4, 0.5) is 5.69 Å². The minimum Gasteiger partial charge on any atom is -0.374 e. The van der Waals surface area contributed by atoms with Gasteiger partial charge in [0.25, 0.3) is 0 Å². The summed E-state index contributed by atoms with van der Waals surface area (Å²) >= 11 is 0. The average Bonchev–Trinajstić information content (AvgIpc) is 2.91. The van der Waals surface area contributed by atoms with Gasteiger partial charge in [0.05, 0.1) is 0 Å². The second-order valence-corrected chi connectivity index (χ2v) is 6.11. The molecule has 3 heterocycles. The van der Waals surface area contributed by atoms with E-state index in [0.717, 1.165) is 13.0 Å². The van der Waals surface area contributed by atoms with Crippen LogP contribution in [0.15, 0.2) is 42.6 Å². The van der Waals surface area contributed by atoms with Gasteiger partial charge in [0.1, 0.15) is 0 Å². The van der Waals surface area contributed by atoms with E-state index in [1.54, 1.807) is 0 Å². The van der Waals surface area contributed by atoms with Crippen molar-refractivity contribution in [1.82, 2.24) is 0 Å². The molecule has 0 N–H and O–H groups in total. The highest BCUT2D eigenvalue weighted by molar-refractivity contribution is 5.80. The lowest BCUT2D eigenvalue weighted by atomic mass is 9.98. The van der Waals surface area contributed by atoms with Crippen molar-refractivity contribution in [2.45, 2.75) is 25.8 Å². The molecule has 0 unspecified atom stereocenters. The molecule has 0 fully saturated rings. The summed E-state index contributed by atoms with van der Waals surface area (Å²) in [6.45, 7) is 2.28. The van der Waals surface area contributed by atoms with Crippen LogP contribution in [0.1, 0.15) is 29.7 Å². The Morgan fingerprint density at radius 3 is 3.05 bits per heavy atom. The number of aromatic nitrogens is 1. The number of hydrogen-bond acceptors (Lipinski definition) is 1. The lowest BCUT2D eigenvalue weighted by Gasteiger charge is -2.27. The van der Waals surface area contributed by atoms with Crippen LogP contribution >= 0.6 is 0 Å². The molecule has 0 atom stereocenters. The molecule has 0 saturated carbocycles. The topological polar surface area (TPSA) is 7.12 Å². The van der Waals surface area contributed by atoms with Crippen molar-refractivity contribution in [1.29, 1.82) is 0 Å². The van der Waals surface area contributed by atoms with Crippen molar-refractivity contribution < 1.29 is 4.57 Å². The Balaban J connectivity index is 1.71. The summed E-state index contributed by atoms with van der Waals surface area (Å²) in [4.78, 5) is 2.37. The molecule has 0 aliphatic carbocycles. The van der Waals surface area contributed by atoms with Crippen molar-refractivity contribution in [3.8, 4) is 0 Å². The zero-order chi connectivity index (χ0) is 14.2. The third-order valence-electron chi connectivity index (χ3n) is 4.69. The van der Waals surface area contributed by atoms with Crippen LogP contribution in [0.5, 0.6) is 0 Å². The first-order chi connectivity index (χ1) is 10.3. The fraction of sp³-hybridized carbons (Fsp3) is 0.316. The maximum atomic E-state index is 2.38. The van der Waals surface area contributed by atoms with Crippen LogP contribution in [-0.4, -0.2) is 13.6 Å². The van der Waals surface area contributed by atoms with Gasteiger partial charge in [0, 0.05) is 43.4 Å². The zero-order valence-corrected chi connectivity index (χ0v) is 12.5. The van der Waals surface area contributed by atoms with E-state index in [0.29, 0.717) is 0 Å². The molecule has 2 heteroatoms. The molecular formula is C19H21N2+. The average molecular weight is 277 g/mol. The van der Waals surface area contributed by atoms with Gasteiger partial charge in [-0.2, -0.15) is 4.57 Å². The Hall–Kier alpha value is -2.09. The number of anilines is 1. The Labute approximate surface area is 126 Å². The molecule has 2 nitrogen and oxygen atoms in total. The SMILES string of the molecule is CN1CCCc2cc(C=C3CC[n+]4ccccc43)ccc21. The van der Waals surface area contributed by atoms with Crippen LogP contribution in [0, 0.1) is 0 Å². The van der Waals surface area contributed by atoms with E-state index < -0.39 is 0 Å². The van der Waals surface area contributed by atoms with Gasteiger partial charge in [-0.05, 0) is 48.2 Å². The van der Waals surface area contributed by atoms with E-state index in [4.69, 9.17) is 0 Å². The van der Waals surface area contributed by atoms with Gasteiger partial charge in [-0.3, -0.25) is 0 Å². The van der Waals surface area contributed by atoms with Crippen molar-refractivity contribution in [2.75, 3.05) is 18.5 Å². The fourth-order valence-electron chi connectivity index (χ4n) is 3.57. The third-order valence-corrected chi connectivity index (χ3v) is 4.69. The van der Waals surface area contributed by atoms with E-state index in [2.05, 4.69) is 65.2 Å². The smallest absolute Gasteiger partial charge is 0.208 e. The highest BCUT2D eigenvalue weighted by atomic mass is 15.1. The van der Waals surface area contributed by atoms with E-state index in [1.807, 2.05) is 0 Å². The van der Waals surface area contributed by atoms with Gasteiger partial charge in [-0.1, -0.05) is 6.07 Å². The predicted octanol–water partition coefficient (Wildman–Crippen LogP) is 3.30. The monoisotopic (exact) mass is 277 g/mol. The number of hydrogen-bond donors (Lipinski definition) is 0. The van der Waals surface area contributed by atoms with E-state index >= 15 is 0 Å². The van der Waals surface area contributed by atoms with Gasteiger partial charge in [-0.15, -0.1) is 0 Å². The summed E-state index contributed by atoms with van der Waals surface area (Å²) in [6.07, 6.45) is 8.16. The summed E-state index contributed by atoms with van der Waals surface area (Å²) in [5.41, 5.74) is 7.07. The molecule has 4 rings (SSSR count). The largest absolute Gasteiger partial charge is 0.374 e. The van der Waals surface area contributed by atoms with Crippen LogP contribution in [-0.2, 0) is 13.0 Å². The molecule has 2 aromatic rings. The molecule has 0 amide bonds. The first-order valence-electron chi connectivity index (χ1n) is 7.85. The van der Waals surface area contributed by atoms with Gasteiger partial charge in [0.15, 0.2) is 12.7 Å². The van der Waals surface area contributed by atoms with E-state index in [1.165, 1.54) is 47.5 Å². The summed E-state index contributed by atoms with van der Waals surface area (Å²) in [5.74, 6) is 0. The summed E-state index contributed by atoms with van der Waals surface area (Å²) in [7, 11) is 2.19. The van der Waals surface area contributed by atoms with Gasteiger partial charge in [-0.25, -0.2) is 0 Å². The highest BCUT2D eigenvalue weighted by Gasteiger charge is 2.23. The van der Waals surface area contributed by atoms with Crippen molar-refractivity contribution in [3.05, 3.63) is 59.4 Å². The van der Waals surface area contributed by atoms with Crippen LogP contribution in [0.3, 0.4) is 0 Å². The number of benzene rings is 1. The normalized spacial score (nSPS) is 18.7. The number of fused-ring (bicyclic) bond motifs is 2. The zero-order valence-electron chi connectivity index (χ0n) is 12.5. The molecule has 106 valence electrons. The van der Waals surface area contributed by atoms with Gasteiger partial charge in [0.2, 0.25) is 5.69 Å². The lowest BCUT2D eigenvalue weighted by molar-refractivity contribution is -0.689. The minimum absolute atomic E-state index is 1.11. The Kier molecular flexibility index (Phi) is 3.03. The maximum absolute atomic E-state index is 2.38. The molecule has 2 aliphatic rings. The van der Waals surface area contributed by atoms with Crippen molar-refractivity contribution in [3.63, 3.8) is 0 Å². The first-order valence-corrected chi connectivity index (χ1v) is 7.85. The predicted molar refractivity (Wildman–Crippen MR) is 87.2 cm³/mol. The molecule has 21 heavy (non-hydrogen) atoms. The first kappa shape index (κ1) is 12.6. The molecule has 0 radical (unpaired) electrons. The minimum atomic E-state index is 1.11. The molecule has 1 aromatic carbocycles.